The molecule has 0 unspecified atom stereocenters. The Morgan fingerprint density at radius 1 is 1.14 bits per heavy atom. The van der Waals surface area contributed by atoms with E-state index in [4.69, 9.17) is 14.5 Å². The van der Waals surface area contributed by atoms with Crippen LogP contribution in [-0.4, -0.2) is 42.7 Å². The standard InChI is InChI=1S/C20H21N7O2/c1-26-18(9-14(25-26)19-15(28-3)5-4-8-21-19)23-17-10-16(29-12-6-7-12)13-11-22-27(2)20(13)24-17/h4-5,8-12H,6-7H2,1-3H3,(H,23,24). The molecule has 0 aromatic carbocycles. The van der Waals surface area contributed by atoms with E-state index in [1.807, 2.05) is 38.4 Å². The summed E-state index contributed by atoms with van der Waals surface area (Å²) in [6.07, 6.45) is 5.97. The Labute approximate surface area is 167 Å². The first kappa shape index (κ1) is 17.5. The summed E-state index contributed by atoms with van der Waals surface area (Å²) >= 11 is 0. The molecule has 4 heterocycles. The minimum Gasteiger partial charge on any atom is -0.494 e. The average Bonchev–Trinajstić information content (AvgIpc) is 3.37. The van der Waals surface area contributed by atoms with E-state index in [2.05, 4.69) is 20.5 Å². The van der Waals surface area contributed by atoms with E-state index in [-0.39, 0.29) is 6.10 Å². The van der Waals surface area contributed by atoms with Gasteiger partial charge in [0.1, 0.15) is 34.5 Å². The van der Waals surface area contributed by atoms with Crippen LogP contribution in [0.4, 0.5) is 11.6 Å². The Bertz CT molecular complexity index is 1190. The molecule has 29 heavy (non-hydrogen) atoms. The van der Waals surface area contributed by atoms with Crippen molar-refractivity contribution in [2.24, 2.45) is 14.1 Å². The average molecular weight is 391 g/mol. The molecule has 0 amide bonds. The Kier molecular flexibility index (Phi) is 4.08. The lowest BCUT2D eigenvalue weighted by molar-refractivity contribution is 0.307. The molecule has 4 aromatic heterocycles. The highest BCUT2D eigenvalue weighted by Gasteiger charge is 2.25. The van der Waals surface area contributed by atoms with E-state index in [1.165, 1.54) is 0 Å². The first-order valence-corrected chi connectivity index (χ1v) is 9.42. The summed E-state index contributed by atoms with van der Waals surface area (Å²) in [7, 11) is 5.36. The van der Waals surface area contributed by atoms with Crippen molar-refractivity contribution >= 4 is 22.7 Å². The molecule has 1 fully saturated rings. The summed E-state index contributed by atoms with van der Waals surface area (Å²) < 4.78 is 15.0. The van der Waals surface area contributed by atoms with Gasteiger partial charge in [-0.25, -0.2) is 4.98 Å². The Morgan fingerprint density at radius 2 is 2.00 bits per heavy atom. The number of hydrogen-bond donors (Lipinski definition) is 1. The number of aromatic nitrogens is 6. The second kappa shape index (κ2) is 6.77. The predicted molar refractivity (Wildman–Crippen MR) is 108 cm³/mol. The molecule has 1 N–H and O–H groups in total. The smallest absolute Gasteiger partial charge is 0.163 e. The Balaban J connectivity index is 1.51. The Hall–Kier alpha value is -3.62. The number of aryl methyl sites for hydroxylation is 2. The van der Waals surface area contributed by atoms with E-state index in [9.17, 15) is 0 Å². The zero-order chi connectivity index (χ0) is 20.0. The topological polar surface area (TPSA) is 91.9 Å². The third kappa shape index (κ3) is 3.24. The highest BCUT2D eigenvalue weighted by atomic mass is 16.5. The van der Waals surface area contributed by atoms with Crippen molar-refractivity contribution in [3.8, 4) is 22.9 Å². The molecule has 0 atom stereocenters. The van der Waals surface area contributed by atoms with E-state index in [0.717, 1.165) is 35.4 Å². The quantitative estimate of drug-likeness (QED) is 0.540. The molecule has 1 aliphatic carbocycles. The first-order valence-electron chi connectivity index (χ1n) is 9.42. The monoisotopic (exact) mass is 391 g/mol. The van der Waals surface area contributed by atoms with Gasteiger partial charge in [-0.05, 0) is 25.0 Å². The van der Waals surface area contributed by atoms with Crippen molar-refractivity contribution in [2.75, 3.05) is 12.4 Å². The highest BCUT2D eigenvalue weighted by Crippen LogP contribution is 2.34. The molecule has 0 bridgehead atoms. The van der Waals surface area contributed by atoms with Crippen molar-refractivity contribution < 1.29 is 9.47 Å². The van der Waals surface area contributed by atoms with Gasteiger partial charge in [0.25, 0.3) is 0 Å². The number of methoxy groups -OCH3 is 1. The van der Waals surface area contributed by atoms with E-state index in [0.29, 0.717) is 23.0 Å². The van der Waals surface area contributed by atoms with Crippen molar-refractivity contribution in [3.05, 3.63) is 36.7 Å². The van der Waals surface area contributed by atoms with Crippen LogP contribution in [0.3, 0.4) is 0 Å². The zero-order valence-corrected chi connectivity index (χ0v) is 16.5. The van der Waals surface area contributed by atoms with Crippen molar-refractivity contribution in [1.29, 1.82) is 0 Å². The molecule has 5 rings (SSSR count). The number of fused-ring (bicyclic) bond motifs is 1. The first-order chi connectivity index (χ1) is 14.1. The van der Waals surface area contributed by atoms with Crippen LogP contribution in [0.25, 0.3) is 22.4 Å². The van der Waals surface area contributed by atoms with Gasteiger partial charge in [0, 0.05) is 32.4 Å². The number of hydrogen-bond acceptors (Lipinski definition) is 7. The van der Waals surface area contributed by atoms with Crippen LogP contribution in [0.5, 0.6) is 11.5 Å². The van der Waals surface area contributed by atoms with Gasteiger partial charge in [-0.2, -0.15) is 10.2 Å². The van der Waals surface area contributed by atoms with Crippen LogP contribution in [0.1, 0.15) is 12.8 Å². The van der Waals surface area contributed by atoms with Gasteiger partial charge < -0.3 is 14.8 Å². The van der Waals surface area contributed by atoms with Crippen LogP contribution < -0.4 is 14.8 Å². The maximum Gasteiger partial charge on any atom is 0.163 e. The lowest BCUT2D eigenvalue weighted by Gasteiger charge is -2.10. The van der Waals surface area contributed by atoms with Crippen LogP contribution >= 0.6 is 0 Å². The molecule has 1 saturated carbocycles. The predicted octanol–water partition coefficient (Wildman–Crippen LogP) is 3.06. The number of nitrogens with zero attached hydrogens (tertiary/aromatic N) is 6. The van der Waals surface area contributed by atoms with Gasteiger partial charge >= 0.3 is 0 Å². The number of anilines is 2. The third-order valence-electron chi connectivity index (χ3n) is 4.85. The molecule has 9 nitrogen and oxygen atoms in total. The van der Waals surface area contributed by atoms with Crippen molar-refractivity contribution in [3.63, 3.8) is 0 Å². The number of pyridine rings is 2. The van der Waals surface area contributed by atoms with Gasteiger partial charge in [-0.1, -0.05) is 0 Å². The summed E-state index contributed by atoms with van der Waals surface area (Å²) in [5.41, 5.74) is 2.16. The van der Waals surface area contributed by atoms with Crippen LogP contribution in [0.2, 0.25) is 0 Å². The third-order valence-corrected chi connectivity index (χ3v) is 4.85. The summed E-state index contributed by atoms with van der Waals surface area (Å²) in [5, 5.41) is 13.1. The molecular formula is C20H21N7O2. The second-order valence-electron chi connectivity index (χ2n) is 7.05. The molecule has 9 heteroatoms. The van der Waals surface area contributed by atoms with Crippen LogP contribution in [0.15, 0.2) is 36.7 Å². The fraction of sp³-hybridized carbons (Fsp3) is 0.300. The summed E-state index contributed by atoms with van der Waals surface area (Å²) in [4.78, 5) is 9.11. The van der Waals surface area contributed by atoms with Crippen LogP contribution in [0, 0.1) is 0 Å². The molecule has 0 saturated heterocycles. The largest absolute Gasteiger partial charge is 0.494 e. The molecule has 0 spiro atoms. The summed E-state index contributed by atoms with van der Waals surface area (Å²) in [6, 6.07) is 7.53. The maximum absolute atomic E-state index is 6.08. The van der Waals surface area contributed by atoms with Gasteiger partial charge in [0.2, 0.25) is 0 Å². The molecule has 4 aromatic rings. The van der Waals surface area contributed by atoms with Gasteiger partial charge in [-0.15, -0.1) is 0 Å². The minimum atomic E-state index is 0.286. The summed E-state index contributed by atoms with van der Waals surface area (Å²) in [6.45, 7) is 0. The number of ether oxygens (including phenoxy) is 2. The van der Waals surface area contributed by atoms with E-state index in [1.54, 1.807) is 28.9 Å². The highest BCUT2D eigenvalue weighted by molar-refractivity contribution is 5.84. The molecule has 1 aliphatic rings. The summed E-state index contributed by atoms with van der Waals surface area (Å²) in [5.74, 6) is 2.91. The lowest BCUT2D eigenvalue weighted by atomic mass is 10.2. The van der Waals surface area contributed by atoms with Crippen molar-refractivity contribution in [1.82, 2.24) is 29.5 Å². The normalized spacial score (nSPS) is 13.6. The SMILES string of the molecule is COc1cccnc1-c1cc(Nc2cc(OC3CC3)c3cnn(C)c3n2)n(C)n1. The Morgan fingerprint density at radius 3 is 2.79 bits per heavy atom. The molecular weight excluding hydrogens is 370 g/mol. The van der Waals surface area contributed by atoms with Gasteiger partial charge in [0.05, 0.1) is 24.8 Å². The zero-order valence-electron chi connectivity index (χ0n) is 16.5. The molecule has 148 valence electrons. The fourth-order valence-corrected chi connectivity index (χ4v) is 3.19. The lowest BCUT2D eigenvalue weighted by Crippen LogP contribution is -2.04. The van der Waals surface area contributed by atoms with Crippen molar-refractivity contribution in [2.45, 2.75) is 18.9 Å². The van der Waals surface area contributed by atoms with E-state index >= 15 is 0 Å². The maximum atomic E-state index is 6.08. The number of nitrogens with one attached hydrogen (secondary N) is 1. The molecule has 0 aliphatic heterocycles. The van der Waals surface area contributed by atoms with Crippen LogP contribution in [-0.2, 0) is 14.1 Å². The van der Waals surface area contributed by atoms with Gasteiger partial charge in [-0.3, -0.25) is 14.3 Å². The minimum absolute atomic E-state index is 0.286. The van der Waals surface area contributed by atoms with Gasteiger partial charge in [0.15, 0.2) is 5.65 Å². The van der Waals surface area contributed by atoms with E-state index < -0.39 is 0 Å². The second-order valence-corrected chi connectivity index (χ2v) is 7.05. The molecule has 0 radical (unpaired) electrons. The number of rotatable bonds is 6. The fourth-order valence-electron chi connectivity index (χ4n) is 3.19.